The van der Waals surface area contributed by atoms with Gasteiger partial charge in [-0.25, -0.2) is 4.39 Å². The third kappa shape index (κ3) is 2.37. The lowest BCUT2D eigenvalue weighted by molar-refractivity contribution is 0.282. The van der Waals surface area contributed by atoms with Gasteiger partial charge in [-0.3, -0.25) is 0 Å². The predicted octanol–water partition coefficient (Wildman–Crippen LogP) is 3.60. The van der Waals surface area contributed by atoms with E-state index in [-0.39, 0.29) is 12.4 Å². The standard InChI is InChI=1S/C15H15FO/c1-10-3-4-11(2)13(7-10)14-8-12(9-17)5-6-15(14)16/h3-8,17H,9H2,1-2H3. The molecule has 2 aromatic carbocycles. The summed E-state index contributed by atoms with van der Waals surface area (Å²) < 4.78 is 13.8. The molecular formula is C15H15FO. The molecule has 0 aliphatic rings. The minimum Gasteiger partial charge on any atom is -0.392 e. The molecule has 2 aromatic rings. The zero-order valence-electron chi connectivity index (χ0n) is 10.00. The molecule has 0 fully saturated rings. The molecule has 0 amide bonds. The first kappa shape index (κ1) is 11.8. The molecule has 0 unspecified atom stereocenters. The quantitative estimate of drug-likeness (QED) is 0.835. The van der Waals surface area contributed by atoms with Crippen LogP contribution in [0.2, 0.25) is 0 Å². The fraction of sp³-hybridized carbons (Fsp3) is 0.200. The Morgan fingerprint density at radius 2 is 1.76 bits per heavy atom. The highest BCUT2D eigenvalue weighted by Gasteiger charge is 2.08. The van der Waals surface area contributed by atoms with Crippen molar-refractivity contribution < 1.29 is 9.50 Å². The van der Waals surface area contributed by atoms with E-state index >= 15 is 0 Å². The van der Waals surface area contributed by atoms with Gasteiger partial charge in [0.2, 0.25) is 0 Å². The zero-order valence-corrected chi connectivity index (χ0v) is 10.00. The van der Waals surface area contributed by atoms with Gasteiger partial charge in [0, 0.05) is 5.56 Å². The third-order valence-electron chi connectivity index (χ3n) is 2.90. The highest BCUT2D eigenvalue weighted by molar-refractivity contribution is 5.69. The van der Waals surface area contributed by atoms with Crippen molar-refractivity contribution in [3.63, 3.8) is 0 Å². The van der Waals surface area contributed by atoms with Gasteiger partial charge in [-0.05, 0) is 42.7 Å². The topological polar surface area (TPSA) is 20.2 Å². The lowest BCUT2D eigenvalue weighted by atomic mass is 9.97. The van der Waals surface area contributed by atoms with Gasteiger partial charge in [0.15, 0.2) is 0 Å². The minimum atomic E-state index is -0.254. The van der Waals surface area contributed by atoms with Crippen molar-refractivity contribution in [2.75, 3.05) is 0 Å². The number of benzene rings is 2. The lowest BCUT2D eigenvalue weighted by Crippen LogP contribution is -1.92. The molecular weight excluding hydrogens is 215 g/mol. The molecule has 0 radical (unpaired) electrons. The summed E-state index contributed by atoms with van der Waals surface area (Å²) in [6.45, 7) is 3.87. The van der Waals surface area contributed by atoms with Gasteiger partial charge in [-0.2, -0.15) is 0 Å². The van der Waals surface area contributed by atoms with E-state index in [0.717, 1.165) is 22.3 Å². The summed E-state index contributed by atoms with van der Waals surface area (Å²) in [5.41, 5.74) is 4.29. The number of aliphatic hydroxyl groups is 1. The first-order valence-corrected chi connectivity index (χ1v) is 5.58. The van der Waals surface area contributed by atoms with E-state index in [4.69, 9.17) is 5.11 Å². The lowest BCUT2D eigenvalue weighted by Gasteiger charge is -2.10. The van der Waals surface area contributed by atoms with E-state index in [2.05, 4.69) is 0 Å². The summed E-state index contributed by atoms with van der Waals surface area (Å²) in [6, 6.07) is 10.7. The van der Waals surface area contributed by atoms with Gasteiger partial charge >= 0.3 is 0 Å². The van der Waals surface area contributed by atoms with E-state index in [0.29, 0.717) is 5.56 Å². The SMILES string of the molecule is Cc1ccc(C)c(-c2cc(CO)ccc2F)c1. The fourth-order valence-corrected chi connectivity index (χ4v) is 1.90. The number of aliphatic hydroxyl groups excluding tert-OH is 1. The second-order valence-corrected chi connectivity index (χ2v) is 4.29. The van der Waals surface area contributed by atoms with Crippen LogP contribution in [0.15, 0.2) is 36.4 Å². The Hall–Kier alpha value is -1.67. The Kier molecular flexibility index (Phi) is 3.25. The van der Waals surface area contributed by atoms with Crippen molar-refractivity contribution in [1.29, 1.82) is 0 Å². The van der Waals surface area contributed by atoms with Crippen molar-refractivity contribution in [2.24, 2.45) is 0 Å². The van der Waals surface area contributed by atoms with Gasteiger partial charge in [0.25, 0.3) is 0 Å². The molecule has 0 aliphatic heterocycles. The maximum absolute atomic E-state index is 13.8. The molecule has 0 saturated heterocycles. The van der Waals surface area contributed by atoms with Crippen LogP contribution in [0.1, 0.15) is 16.7 Å². The Labute approximate surface area is 101 Å². The van der Waals surface area contributed by atoms with Gasteiger partial charge in [-0.1, -0.05) is 29.8 Å². The maximum Gasteiger partial charge on any atom is 0.131 e. The highest BCUT2D eigenvalue weighted by atomic mass is 19.1. The molecule has 88 valence electrons. The van der Waals surface area contributed by atoms with Crippen molar-refractivity contribution in [1.82, 2.24) is 0 Å². The number of hydrogen-bond donors (Lipinski definition) is 1. The molecule has 2 rings (SSSR count). The first-order valence-electron chi connectivity index (χ1n) is 5.58. The van der Waals surface area contributed by atoms with Crippen molar-refractivity contribution in [3.05, 3.63) is 58.9 Å². The molecule has 0 aromatic heterocycles. The van der Waals surface area contributed by atoms with E-state index in [1.54, 1.807) is 12.1 Å². The van der Waals surface area contributed by atoms with Crippen LogP contribution in [0.5, 0.6) is 0 Å². The fourth-order valence-electron chi connectivity index (χ4n) is 1.90. The first-order chi connectivity index (χ1) is 8.11. The van der Waals surface area contributed by atoms with Gasteiger partial charge in [0.1, 0.15) is 5.82 Å². The Bertz CT molecular complexity index is 547. The Balaban J connectivity index is 2.62. The van der Waals surface area contributed by atoms with Crippen LogP contribution in [0.25, 0.3) is 11.1 Å². The van der Waals surface area contributed by atoms with E-state index in [1.165, 1.54) is 6.07 Å². The number of hydrogen-bond acceptors (Lipinski definition) is 1. The van der Waals surface area contributed by atoms with Crippen LogP contribution in [0, 0.1) is 19.7 Å². The van der Waals surface area contributed by atoms with Crippen molar-refractivity contribution >= 4 is 0 Å². The molecule has 0 aliphatic carbocycles. The summed E-state index contributed by atoms with van der Waals surface area (Å²) >= 11 is 0. The third-order valence-corrected chi connectivity index (χ3v) is 2.90. The second kappa shape index (κ2) is 4.68. The smallest absolute Gasteiger partial charge is 0.131 e. The van der Waals surface area contributed by atoms with E-state index < -0.39 is 0 Å². The number of halogens is 1. The molecule has 2 heteroatoms. The second-order valence-electron chi connectivity index (χ2n) is 4.29. The average molecular weight is 230 g/mol. The largest absolute Gasteiger partial charge is 0.392 e. The predicted molar refractivity (Wildman–Crippen MR) is 67.2 cm³/mol. The molecule has 1 N–H and O–H groups in total. The summed E-state index contributed by atoms with van der Waals surface area (Å²) in [4.78, 5) is 0. The normalized spacial score (nSPS) is 10.6. The monoisotopic (exact) mass is 230 g/mol. The summed E-state index contributed by atoms with van der Waals surface area (Å²) in [7, 11) is 0. The van der Waals surface area contributed by atoms with Gasteiger partial charge in [-0.15, -0.1) is 0 Å². The minimum absolute atomic E-state index is 0.0713. The molecule has 1 nitrogen and oxygen atoms in total. The van der Waals surface area contributed by atoms with Crippen LogP contribution >= 0.6 is 0 Å². The van der Waals surface area contributed by atoms with Crippen LogP contribution in [-0.2, 0) is 6.61 Å². The Morgan fingerprint density at radius 1 is 1.00 bits per heavy atom. The number of aryl methyl sites for hydroxylation is 2. The molecule has 0 bridgehead atoms. The van der Waals surface area contributed by atoms with Crippen LogP contribution in [0.3, 0.4) is 0 Å². The molecule has 0 heterocycles. The van der Waals surface area contributed by atoms with E-state index in [9.17, 15) is 4.39 Å². The molecule has 0 saturated carbocycles. The van der Waals surface area contributed by atoms with E-state index in [1.807, 2.05) is 32.0 Å². The van der Waals surface area contributed by atoms with Crippen LogP contribution in [-0.4, -0.2) is 5.11 Å². The summed E-state index contributed by atoms with van der Waals surface area (Å²) in [6.07, 6.45) is 0. The van der Waals surface area contributed by atoms with Gasteiger partial charge < -0.3 is 5.11 Å². The maximum atomic E-state index is 13.8. The molecule has 0 spiro atoms. The summed E-state index contributed by atoms with van der Waals surface area (Å²) in [5, 5.41) is 9.10. The van der Waals surface area contributed by atoms with Crippen molar-refractivity contribution in [3.8, 4) is 11.1 Å². The van der Waals surface area contributed by atoms with Gasteiger partial charge in [0.05, 0.1) is 6.61 Å². The van der Waals surface area contributed by atoms with Crippen LogP contribution in [0.4, 0.5) is 4.39 Å². The number of rotatable bonds is 2. The Morgan fingerprint density at radius 3 is 2.47 bits per heavy atom. The molecule has 17 heavy (non-hydrogen) atoms. The van der Waals surface area contributed by atoms with Crippen molar-refractivity contribution in [2.45, 2.75) is 20.5 Å². The average Bonchev–Trinajstić information content (AvgIpc) is 2.33. The van der Waals surface area contributed by atoms with Crippen LogP contribution < -0.4 is 0 Å². The zero-order chi connectivity index (χ0) is 12.4. The highest BCUT2D eigenvalue weighted by Crippen LogP contribution is 2.28. The summed E-state index contributed by atoms with van der Waals surface area (Å²) in [5.74, 6) is -0.254. The molecule has 0 atom stereocenters.